The number of aromatic nitrogens is 3. The van der Waals surface area contributed by atoms with Gasteiger partial charge in [0.2, 0.25) is 0 Å². The standard InChI is InChI=1S/C65H55N3/c1-64(2,3)53-34-37-67-62(42-53)48-30-24-45(25-31-48)56-16-8-11-19-59(56)51-39-50(58-18-10-7-15-55(58)44-22-28-47(29-23-44)61-21-13-14-36-66-61)40-52(41-51)60-20-12-9-17-57(60)46-26-32-49(33-27-46)63-43-54(35-38-68-63)65(4,5)6/h7-43H,1-6H3. The second-order valence-corrected chi connectivity index (χ2v) is 19.7. The van der Waals surface area contributed by atoms with Crippen molar-refractivity contribution in [3.63, 3.8) is 0 Å². The van der Waals surface area contributed by atoms with Gasteiger partial charge in [0.1, 0.15) is 0 Å². The molecule has 0 spiro atoms. The van der Waals surface area contributed by atoms with Crippen LogP contribution < -0.4 is 0 Å². The molecule has 0 unspecified atom stereocenters. The summed E-state index contributed by atoms with van der Waals surface area (Å²) in [6.07, 6.45) is 5.70. The Kier molecular flexibility index (Phi) is 11.8. The van der Waals surface area contributed by atoms with Gasteiger partial charge in [-0.25, -0.2) is 0 Å². The molecular weight excluding hydrogens is 823 g/mol. The molecule has 0 saturated carbocycles. The van der Waals surface area contributed by atoms with Gasteiger partial charge in [0.15, 0.2) is 0 Å². The zero-order valence-corrected chi connectivity index (χ0v) is 39.7. The van der Waals surface area contributed by atoms with E-state index in [2.05, 4.69) is 241 Å². The summed E-state index contributed by atoms with van der Waals surface area (Å²) in [7, 11) is 0. The third-order valence-electron chi connectivity index (χ3n) is 13.0. The minimum Gasteiger partial charge on any atom is -0.256 e. The molecule has 0 aliphatic heterocycles. The number of pyridine rings is 3. The largest absolute Gasteiger partial charge is 0.256 e. The molecule has 3 heterocycles. The zero-order chi connectivity index (χ0) is 46.8. The van der Waals surface area contributed by atoms with E-state index in [0.717, 1.165) is 67.2 Å². The van der Waals surface area contributed by atoms with E-state index in [0.29, 0.717) is 0 Å². The van der Waals surface area contributed by atoms with Crippen molar-refractivity contribution in [2.75, 3.05) is 0 Å². The molecule has 3 heteroatoms. The van der Waals surface area contributed by atoms with Crippen LogP contribution in [0.3, 0.4) is 0 Å². The van der Waals surface area contributed by atoms with E-state index in [9.17, 15) is 0 Å². The Morgan fingerprint density at radius 1 is 0.235 bits per heavy atom. The molecule has 0 amide bonds. The van der Waals surface area contributed by atoms with E-state index < -0.39 is 0 Å². The van der Waals surface area contributed by atoms with Crippen molar-refractivity contribution in [3.8, 4) is 101 Å². The Morgan fingerprint density at radius 2 is 0.515 bits per heavy atom. The van der Waals surface area contributed by atoms with Crippen molar-refractivity contribution in [3.05, 3.63) is 236 Å². The summed E-state index contributed by atoms with van der Waals surface area (Å²) >= 11 is 0. The number of rotatable bonds is 9. The Morgan fingerprint density at radius 3 is 0.824 bits per heavy atom. The van der Waals surface area contributed by atoms with Gasteiger partial charge in [0, 0.05) is 35.3 Å². The van der Waals surface area contributed by atoms with Gasteiger partial charge in [-0.05, 0) is 143 Å². The van der Waals surface area contributed by atoms with Crippen LogP contribution in [0.4, 0.5) is 0 Å². The van der Waals surface area contributed by atoms with Crippen molar-refractivity contribution in [2.24, 2.45) is 0 Å². The molecule has 7 aromatic carbocycles. The molecule has 0 bridgehead atoms. The van der Waals surface area contributed by atoms with Crippen molar-refractivity contribution in [2.45, 2.75) is 52.4 Å². The molecule has 330 valence electrons. The van der Waals surface area contributed by atoms with Crippen LogP contribution in [0, 0.1) is 0 Å². The van der Waals surface area contributed by atoms with Crippen molar-refractivity contribution in [1.82, 2.24) is 15.0 Å². The molecule has 0 fully saturated rings. The smallest absolute Gasteiger partial charge is 0.0704 e. The van der Waals surface area contributed by atoms with Gasteiger partial charge >= 0.3 is 0 Å². The fraction of sp³-hybridized carbons (Fsp3) is 0.123. The highest BCUT2D eigenvalue weighted by Gasteiger charge is 2.19. The second-order valence-electron chi connectivity index (χ2n) is 19.7. The fourth-order valence-corrected chi connectivity index (χ4v) is 9.16. The summed E-state index contributed by atoms with van der Waals surface area (Å²) in [5.74, 6) is 0. The lowest BCUT2D eigenvalue weighted by Gasteiger charge is -2.19. The SMILES string of the molecule is CC(C)(C)c1ccnc(-c2ccc(-c3ccccc3-c3cc(-c4ccccc4-c4ccc(-c5ccccn5)cc4)cc(-c4ccccc4-c4ccc(-c5cc(C(C)(C)C)ccn5)cc4)c3)cc2)c1. The Hall–Kier alpha value is -8.01. The summed E-state index contributed by atoms with van der Waals surface area (Å²) in [4.78, 5) is 14.1. The van der Waals surface area contributed by atoms with E-state index >= 15 is 0 Å². The topological polar surface area (TPSA) is 38.7 Å². The van der Waals surface area contributed by atoms with Crippen LogP contribution in [0.1, 0.15) is 52.7 Å². The highest BCUT2D eigenvalue weighted by atomic mass is 14.7. The van der Waals surface area contributed by atoms with Gasteiger partial charge < -0.3 is 0 Å². The first-order chi connectivity index (χ1) is 33.0. The molecule has 10 aromatic rings. The van der Waals surface area contributed by atoms with Gasteiger partial charge in [-0.2, -0.15) is 0 Å². The third kappa shape index (κ3) is 9.21. The molecule has 0 saturated heterocycles. The lowest BCUT2D eigenvalue weighted by Crippen LogP contribution is -2.11. The molecule has 68 heavy (non-hydrogen) atoms. The molecule has 10 rings (SSSR count). The van der Waals surface area contributed by atoms with Gasteiger partial charge in [-0.3, -0.25) is 15.0 Å². The van der Waals surface area contributed by atoms with E-state index in [1.807, 2.05) is 30.7 Å². The average molecular weight is 878 g/mol. The third-order valence-corrected chi connectivity index (χ3v) is 13.0. The summed E-state index contributed by atoms with van der Waals surface area (Å²) in [5, 5.41) is 0. The predicted octanol–water partition coefficient (Wildman–Crippen LogP) is 17.5. The number of benzene rings is 7. The quantitative estimate of drug-likeness (QED) is 0.145. The first-order valence-corrected chi connectivity index (χ1v) is 23.6. The number of hydrogen-bond donors (Lipinski definition) is 0. The highest BCUT2D eigenvalue weighted by Crippen LogP contribution is 2.43. The van der Waals surface area contributed by atoms with Crippen molar-refractivity contribution < 1.29 is 0 Å². The Bertz CT molecular complexity index is 3210. The van der Waals surface area contributed by atoms with Crippen LogP contribution in [0.25, 0.3) is 101 Å². The molecule has 0 aliphatic rings. The Balaban J connectivity index is 1.09. The zero-order valence-electron chi connectivity index (χ0n) is 39.7. The monoisotopic (exact) mass is 877 g/mol. The fourth-order valence-electron chi connectivity index (χ4n) is 9.16. The molecule has 0 N–H and O–H groups in total. The number of hydrogen-bond acceptors (Lipinski definition) is 3. The normalized spacial score (nSPS) is 11.7. The minimum absolute atomic E-state index is 0.0389. The van der Waals surface area contributed by atoms with Crippen LogP contribution >= 0.6 is 0 Å². The maximum atomic E-state index is 4.77. The molecular formula is C65H55N3. The van der Waals surface area contributed by atoms with E-state index in [1.54, 1.807) is 0 Å². The maximum absolute atomic E-state index is 4.77. The van der Waals surface area contributed by atoms with Crippen LogP contribution in [-0.2, 0) is 10.8 Å². The second kappa shape index (κ2) is 18.3. The van der Waals surface area contributed by atoms with Crippen LogP contribution in [0.2, 0.25) is 0 Å². The van der Waals surface area contributed by atoms with E-state index in [-0.39, 0.29) is 10.8 Å². The highest BCUT2D eigenvalue weighted by molar-refractivity contribution is 5.94. The average Bonchev–Trinajstić information content (AvgIpc) is 3.38. The van der Waals surface area contributed by atoms with Crippen LogP contribution in [-0.4, -0.2) is 15.0 Å². The van der Waals surface area contributed by atoms with Crippen LogP contribution in [0.5, 0.6) is 0 Å². The summed E-state index contributed by atoms with van der Waals surface area (Å²) < 4.78 is 0. The first-order valence-electron chi connectivity index (χ1n) is 23.6. The van der Waals surface area contributed by atoms with Gasteiger partial charge in [0.25, 0.3) is 0 Å². The lowest BCUT2D eigenvalue weighted by atomic mass is 9.85. The molecule has 3 aromatic heterocycles. The van der Waals surface area contributed by atoms with Crippen molar-refractivity contribution >= 4 is 0 Å². The number of nitrogens with zero attached hydrogens (tertiary/aromatic N) is 3. The summed E-state index contributed by atoms with van der Waals surface area (Å²) in [5.41, 5.74) is 22.8. The maximum Gasteiger partial charge on any atom is 0.0704 e. The molecule has 0 aliphatic carbocycles. The predicted molar refractivity (Wildman–Crippen MR) is 286 cm³/mol. The van der Waals surface area contributed by atoms with Gasteiger partial charge in [-0.1, -0.05) is 193 Å². The summed E-state index contributed by atoms with van der Waals surface area (Å²) in [6.45, 7) is 13.5. The van der Waals surface area contributed by atoms with Gasteiger partial charge in [0.05, 0.1) is 17.1 Å². The lowest BCUT2D eigenvalue weighted by molar-refractivity contribution is 0.589. The molecule has 3 nitrogen and oxygen atoms in total. The molecule has 0 radical (unpaired) electrons. The molecule has 0 atom stereocenters. The van der Waals surface area contributed by atoms with E-state index in [1.165, 1.54) is 44.5 Å². The Labute approximate surface area is 402 Å². The summed E-state index contributed by atoms with van der Waals surface area (Å²) in [6, 6.07) is 74.8. The van der Waals surface area contributed by atoms with E-state index in [4.69, 9.17) is 9.97 Å². The minimum atomic E-state index is 0.0389. The van der Waals surface area contributed by atoms with Gasteiger partial charge in [-0.15, -0.1) is 0 Å². The van der Waals surface area contributed by atoms with Crippen LogP contribution in [0.15, 0.2) is 225 Å². The first kappa shape index (κ1) is 43.9. The van der Waals surface area contributed by atoms with Crippen molar-refractivity contribution in [1.29, 1.82) is 0 Å².